The molecule has 0 fully saturated rings. The Hall–Kier alpha value is -2.34. The van der Waals surface area contributed by atoms with Gasteiger partial charge in [0.25, 0.3) is 0 Å². The van der Waals surface area contributed by atoms with Crippen molar-refractivity contribution in [2.24, 2.45) is 0 Å². The first kappa shape index (κ1) is 15.1. The fraction of sp³-hybridized carbons (Fsp3) is 0.0667. The highest BCUT2D eigenvalue weighted by Gasteiger charge is 2.05. The number of nitrogens with one attached hydrogen (secondary N) is 2. The molecule has 0 bridgehead atoms. The van der Waals surface area contributed by atoms with Crippen LogP contribution < -0.4 is 10.6 Å². The second kappa shape index (κ2) is 6.90. The number of amides is 2. The van der Waals surface area contributed by atoms with Crippen LogP contribution in [0.5, 0.6) is 0 Å². The summed E-state index contributed by atoms with van der Waals surface area (Å²) >= 11 is 3.32. The molecule has 2 aromatic rings. The van der Waals surface area contributed by atoms with Gasteiger partial charge in [0.15, 0.2) is 0 Å². The van der Waals surface area contributed by atoms with E-state index in [0.717, 1.165) is 4.47 Å². The smallest absolute Gasteiger partial charge is 0.323 e. The first-order valence-corrected chi connectivity index (χ1v) is 6.96. The first-order chi connectivity index (χ1) is 10.0. The third-order valence-electron chi connectivity index (χ3n) is 2.62. The van der Waals surface area contributed by atoms with E-state index in [1.54, 1.807) is 36.4 Å². The average Bonchev–Trinajstić information content (AvgIpc) is 2.37. The zero-order valence-corrected chi connectivity index (χ0v) is 12.6. The van der Waals surface area contributed by atoms with Crippen LogP contribution in [0.3, 0.4) is 0 Å². The number of carboxylic acids is 1. The molecule has 0 aromatic heterocycles. The zero-order valence-electron chi connectivity index (χ0n) is 11.0. The number of halogens is 1. The maximum Gasteiger partial charge on any atom is 0.323 e. The molecular weight excluding hydrogens is 336 g/mol. The van der Waals surface area contributed by atoms with Crippen LogP contribution in [-0.4, -0.2) is 17.1 Å². The number of carboxylic acid groups (broad SMARTS) is 1. The normalized spacial score (nSPS) is 9.95. The Kier molecular flexibility index (Phi) is 4.94. The summed E-state index contributed by atoms with van der Waals surface area (Å²) in [6.07, 6.45) is -0.0806. The van der Waals surface area contributed by atoms with E-state index in [2.05, 4.69) is 26.6 Å². The minimum absolute atomic E-state index is 0.0806. The summed E-state index contributed by atoms with van der Waals surface area (Å²) in [5.41, 5.74) is 1.83. The molecule has 0 unspecified atom stereocenters. The fourth-order valence-electron chi connectivity index (χ4n) is 1.79. The van der Waals surface area contributed by atoms with Gasteiger partial charge in [-0.05, 0) is 35.9 Å². The number of urea groups is 1. The standard InChI is InChI=1S/C15H13BrN2O3/c16-11-4-2-6-13(9-11)18-15(21)17-12-5-1-3-10(7-12)8-14(19)20/h1-7,9H,8H2,(H,19,20)(H2,17,18,21). The van der Waals surface area contributed by atoms with Gasteiger partial charge in [-0.25, -0.2) is 4.79 Å². The molecule has 0 aliphatic heterocycles. The SMILES string of the molecule is O=C(O)Cc1cccc(NC(=O)Nc2cccc(Br)c2)c1. The zero-order chi connectivity index (χ0) is 15.2. The third kappa shape index (κ3) is 4.92. The van der Waals surface area contributed by atoms with E-state index in [-0.39, 0.29) is 12.5 Å². The van der Waals surface area contributed by atoms with Crippen LogP contribution in [0.2, 0.25) is 0 Å². The molecule has 6 heteroatoms. The Morgan fingerprint density at radius 1 is 1.00 bits per heavy atom. The van der Waals surface area contributed by atoms with Crippen molar-refractivity contribution < 1.29 is 14.7 Å². The molecule has 0 spiro atoms. The lowest BCUT2D eigenvalue weighted by Crippen LogP contribution is -2.19. The molecule has 2 rings (SSSR count). The minimum Gasteiger partial charge on any atom is -0.481 e. The lowest BCUT2D eigenvalue weighted by atomic mass is 10.1. The predicted molar refractivity (Wildman–Crippen MR) is 84.6 cm³/mol. The summed E-state index contributed by atoms with van der Waals surface area (Å²) in [5.74, 6) is -0.911. The number of carbonyl (C=O) groups excluding carboxylic acids is 1. The molecule has 0 radical (unpaired) electrons. The molecule has 0 saturated carbocycles. The van der Waals surface area contributed by atoms with Gasteiger partial charge >= 0.3 is 12.0 Å². The molecule has 5 nitrogen and oxygen atoms in total. The predicted octanol–water partition coefficient (Wildman–Crippen LogP) is 3.72. The Bertz CT molecular complexity index is 673. The Morgan fingerprint density at radius 3 is 2.24 bits per heavy atom. The van der Waals surface area contributed by atoms with Crippen molar-refractivity contribution in [2.75, 3.05) is 10.6 Å². The van der Waals surface area contributed by atoms with E-state index in [0.29, 0.717) is 16.9 Å². The van der Waals surface area contributed by atoms with E-state index < -0.39 is 5.97 Å². The van der Waals surface area contributed by atoms with Gasteiger partial charge in [-0.2, -0.15) is 0 Å². The Morgan fingerprint density at radius 2 is 1.62 bits per heavy atom. The number of benzene rings is 2. The molecule has 0 heterocycles. The molecule has 2 amide bonds. The van der Waals surface area contributed by atoms with E-state index in [1.165, 1.54) is 0 Å². The highest BCUT2D eigenvalue weighted by molar-refractivity contribution is 9.10. The van der Waals surface area contributed by atoms with Gasteiger partial charge in [-0.3, -0.25) is 4.79 Å². The second-order valence-electron chi connectivity index (χ2n) is 4.36. The summed E-state index contributed by atoms with van der Waals surface area (Å²) in [4.78, 5) is 22.5. The summed E-state index contributed by atoms with van der Waals surface area (Å²) < 4.78 is 0.865. The lowest BCUT2D eigenvalue weighted by molar-refractivity contribution is -0.136. The largest absolute Gasteiger partial charge is 0.481 e. The molecule has 0 aliphatic rings. The van der Waals surface area contributed by atoms with Gasteiger partial charge in [-0.15, -0.1) is 0 Å². The molecule has 3 N–H and O–H groups in total. The second-order valence-corrected chi connectivity index (χ2v) is 5.28. The van der Waals surface area contributed by atoms with Crippen LogP contribution in [0.1, 0.15) is 5.56 Å². The van der Waals surface area contributed by atoms with E-state index in [1.807, 2.05) is 12.1 Å². The van der Waals surface area contributed by atoms with Gasteiger partial charge in [0.1, 0.15) is 0 Å². The highest BCUT2D eigenvalue weighted by Crippen LogP contribution is 2.16. The first-order valence-electron chi connectivity index (χ1n) is 6.17. The van der Waals surface area contributed by atoms with Gasteiger partial charge in [0.05, 0.1) is 6.42 Å². The number of carbonyl (C=O) groups is 2. The van der Waals surface area contributed by atoms with Crippen molar-refractivity contribution in [2.45, 2.75) is 6.42 Å². The summed E-state index contributed by atoms with van der Waals surface area (Å²) in [7, 11) is 0. The van der Waals surface area contributed by atoms with Gasteiger partial charge in [0.2, 0.25) is 0 Å². The van der Waals surface area contributed by atoms with Crippen molar-refractivity contribution >= 4 is 39.3 Å². The molecule has 0 saturated heterocycles. The fourth-order valence-corrected chi connectivity index (χ4v) is 2.19. The van der Waals surface area contributed by atoms with Crippen molar-refractivity contribution in [1.82, 2.24) is 0 Å². The monoisotopic (exact) mass is 348 g/mol. The maximum absolute atomic E-state index is 11.9. The van der Waals surface area contributed by atoms with E-state index in [4.69, 9.17) is 5.11 Å². The number of aliphatic carboxylic acids is 1. The molecule has 2 aromatic carbocycles. The number of anilines is 2. The summed E-state index contributed by atoms with van der Waals surface area (Å²) in [6, 6.07) is 13.6. The molecule has 108 valence electrons. The molecule has 0 atom stereocenters. The van der Waals surface area contributed by atoms with Crippen LogP contribution in [0.15, 0.2) is 53.0 Å². The average molecular weight is 349 g/mol. The quantitative estimate of drug-likeness (QED) is 0.787. The van der Waals surface area contributed by atoms with Crippen LogP contribution in [0.4, 0.5) is 16.2 Å². The Balaban J connectivity index is 2.01. The molecular formula is C15H13BrN2O3. The highest BCUT2D eigenvalue weighted by atomic mass is 79.9. The third-order valence-corrected chi connectivity index (χ3v) is 3.12. The molecule has 21 heavy (non-hydrogen) atoms. The molecule has 0 aliphatic carbocycles. The lowest BCUT2D eigenvalue weighted by Gasteiger charge is -2.09. The van der Waals surface area contributed by atoms with E-state index >= 15 is 0 Å². The minimum atomic E-state index is -0.911. The number of rotatable bonds is 4. The van der Waals surface area contributed by atoms with Gasteiger partial charge in [0, 0.05) is 15.8 Å². The number of hydrogen-bond donors (Lipinski definition) is 3. The van der Waals surface area contributed by atoms with Crippen molar-refractivity contribution in [3.05, 3.63) is 58.6 Å². The van der Waals surface area contributed by atoms with Gasteiger partial charge < -0.3 is 15.7 Å². The topological polar surface area (TPSA) is 78.4 Å². The number of hydrogen-bond acceptors (Lipinski definition) is 2. The van der Waals surface area contributed by atoms with Crippen LogP contribution in [0.25, 0.3) is 0 Å². The van der Waals surface area contributed by atoms with Crippen LogP contribution >= 0.6 is 15.9 Å². The summed E-state index contributed by atoms with van der Waals surface area (Å²) in [5, 5.41) is 14.1. The van der Waals surface area contributed by atoms with Crippen LogP contribution in [-0.2, 0) is 11.2 Å². The van der Waals surface area contributed by atoms with Crippen molar-refractivity contribution in [3.8, 4) is 0 Å². The van der Waals surface area contributed by atoms with Crippen molar-refractivity contribution in [3.63, 3.8) is 0 Å². The van der Waals surface area contributed by atoms with Crippen molar-refractivity contribution in [1.29, 1.82) is 0 Å². The van der Waals surface area contributed by atoms with Crippen LogP contribution in [0, 0.1) is 0 Å². The summed E-state index contributed by atoms with van der Waals surface area (Å²) in [6.45, 7) is 0. The van der Waals surface area contributed by atoms with E-state index in [9.17, 15) is 9.59 Å². The Labute approximate surface area is 130 Å². The van der Waals surface area contributed by atoms with Gasteiger partial charge in [-0.1, -0.05) is 34.1 Å². The maximum atomic E-state index is 11.9.